The molecule has 0 heterocycles. The Morgan fingerprint density at radius 3 is 2.47 bits per heavy atom. The van der Waals surface area contributed by atoms with Crippen molar-refractivity contribution in [3.63, 3.8) is 0 Å². The van der Waals surface area contributed by atoms with Crippen molar-refractivity contribution in [3.05, 3.63) is 23.8 Å². The van der Waals surface area contributed by atoms with E-state index in [0.29, 0.717) is 11.4 Å². The predicted molar refractivity (Wildman–Crippen MR) is 68.8 cm³/mol. The van der Waals surface area contributed by atoms with Crippen LogP contribution in [0.5, 0.6) is 0 Å². The quantitative estimate of drug-likeness (QED) is 0.390. The molecule has 7 heteroatoms. The molecular weight excluding hydrogens is 248 g/mol. The van der Waals surface area contributed by atoms with Crippen molar-refractivity contribution in [2.45, 2.75) is 6.42 Å². The zero-order chi connectivity index (χ0) is 14.3. The van der Waals surface area contributed by atoms with Crippen LogP contribution in [0, 0.1) is 11.3 Å². The maximum absolute atomic E-state index is 11.6. The fraction of sp³-hybridized carbons (Fsp3) is 0.250. The summed E-state index contributed by atoms with van der Waals surface area (Å²) in [7, 11) is 0. The van der Waals surface area contributed by atoms with Gasteiger partial charge in [-0.15, -0.1) is 0 Å². The molecule has 0 unspecified atom stereocenters. The lowest BCUT2D eigenvalue weighted by atomic mass is 10.2. The number of carbonyl (C=O) groups excluding carboxylic acids is 2. The maximum atomic E-state index is 11.6. The van der Waals surface area contributed by atoms with Gasteiger partial charge < -0.3 is 21.5 Å². The summed E-state index contributed by atoms with van der Waals surface area (Å²) in [5.41, 5.74) is 11.9. The summed E-state index contributed by atoms with van der Waals surface area (Å²) in [5, 5.41) is 10.7. The molecule has 100 valence electrons. The number of nitrogens with two attached hydrogens (primary N) is 2. The van der Waals surface area contributed by atoms with E-state index in [9.17, 15) is 9.59 Å². The molecule has 0 aliphatic heterocycles. The molecule has 0 saturated carbocycles. The minimum Gasteiger partial charge on any atom is -0.452 e. The van der Waals surface area contributed by atoms with Crippen molar-refractivity contribution in [2.24, 2.45) is 0 Å². The van der Waals surface area contributed by atoms with Crippen LogP contribution in [-0.4, -0.2) is 25.0 Å². The molecule has 0 atom stereocenters. The SMILES string of the molecule is N#CCCNC(=O)COC(=O)c1cc(N)cc(N)c1. The van der Waals surface area contributed by atoms with Gasteiger partial charge in [0.1, 0.15) is 0 Å². The van der Waals surface area contributed by atoms with Gasteiger partial charge in [-0.1, -0.05) is 0 Å². The van der Waals surface area contributed by atoms with Crippen molar-refractivity contribution in [1.82, 2.24) is 5.32 Å². The highest BCUT2D eigenvalue weighted by Gasteiger charge is 2.11. The molecule has 0 bridgehead atoms. The number of anilines is 2. The lowest BCUT2D eigenvalue weighted by Crippen LogP contribution is -2.29. The van der Waals surface area contributed by atoms with Gasteiger partial charge in [-0.25, -0.2) is 4.79 Å². The van der Waals surface area contributed by atoms with Crippen LogP contribution in [0.15, 0.2) is 18.2 Å². The Kier molecular flexibility index (Phi) is 5.17. The Bertz CT molecular complexity index is 502. The van der Waals surface area contributed by atoms with Crippen LogP contribution in [0.3, 0.4) is 0 Å². The third kappa shape index (κ3) is 4.95. The molecule has 0 fully saturated rings. The number of nitrogen functional groups attached to an aromatic ring is 2. The van der Waals surface area contributed by atoms with E-state index in [0.717, 1.165) is 0 Å². The molecule has 1 rings (SSSR count). The van der Waals surface area contributed by atoms with E-state index in [-0.39, 0.29) is 18.5 Å². The van der Waals surface area contributed by atoms with E-state index in [1.54, 1.807) is 0 Å². The summed E-state index contributed by atoms with van der Waals surface area (Å²) in [4.78, 5) is 22.9. The summed E-state index contributed by atoms with van der Waals surface area (Å²) in [6.07, 6.45) is 0.200. The van der Waals surface area contributed by atoms with Gasteiger partial charge in [0.15, 0.2) is 6.61 Å². The molecule has 0 saturated heterocycles. The molecule has 1 amide bonds. The molecule has 0 aliphatic rings. The fourth-order valence-corrected chi connectivity index (χ4v) is 1.32. The van der Waals surface area contributed by atoms with Crippen LogP contribution in [0.25, 0.3) is 0 Å². The number of ether oxygens (including phenoxy) is 1. The van der Waals surface area contributed by atoms with Gasteiger partial charge in [-0.2, -0.15) is 5.26 Å². The molecule has 19 heavy (non-hydrogen) atoms. The molecule has 0 radical (unpaired) electrons. The Labute approximate surface area is 110 Å². The van der Waals surface area contributed by atoms with Crippen LogP contribution >= 0.6 is 0 Å². The van der Waals surface area contributed by atoms with Crippen LogP contribution in [0.1, 0.15) is 16.8 Å². The normalized spacial score (nSPS) is 9.42. The first kappa shape index (κ1) is 14.3. The Morgan fingerprint density at radius 1 is 1.26 bits per heavy atom. The second-order valence-electron chi connectivity index (χ2n) is 3.72. The number of carbonyl (C=O) groups is 2. The van der Waals surface area contributed by atoms with Gasteiger partial charge in [0.25, 0.3) is 5.91 Å². The summed E-state index contributed by atoms with van der Waals surface area (Å²) in [6.45, 7) is -0.197. The minimum absolute atomic E-state index is 0.183. The highest BCUT2D eigenvalue weighted by atomic mass is 16.5. The summed E-state index contributed by atoms with van der Waals surface area (Å²) in [5.74, 6) is -1.16. The average molecular weight is 262 g/mol. The predicted octanol–water partition coefficient (Wildman–Crippen LogP) is 0.0377. The van der Waals surface area contributed by atoms with Gasteiger partial charge >= 0.3 is 5.97 Å². The third-order valence-electron chi connectivity index (χ3n) is 2.11. The van der Waals surface area contributed by atoms with Gasteiger partial charge in [-0.3, -0.25) is 4.79 Å². The van der Waals surface area contributed by atoms with Crippen molar-refractivity contribution < 1.29 is 14.3 Å². The number of amides is 1. The monoisotopic (exact) mass is 262 g/mol. The van der Waals surface area contributed by atoms with E-state index in [2.05, 4.69) is 5.32 Å². The summed E-state index contributed by atoms with van der Waals surface area (Å²) >= 11 is 0. The lowest BCUT2D eigenvalue weighted by Gasteiger charge is -2.06. The molecule has 0 aliphatic carbocycles. The summed E-state index contributed by atoms with van der Waals surface area (Å²) in [6, 6.07) is 6.20. The molecule has 0 aromatic heterocycles. The first-order valence-electron chi connectivity index (χ1n) is 5.49. The Morgan fingerprint density at radius 2 is 1.89 bits per heavy atom. The topological polar surface area (TPSA) is 131 Å². The number of nitriles is 1. The standard InChI is InChI=1S/C12H14N4O3/c13-2-1-3-16-11(17)7-19-12(18)8-4-9(14)6-10(15)5-8/h4-6H,1,3,7,14-15H2,(H,16,17). The zero-order valence-corrected chi connectivity index (χ0v) is 10.2. The number of hydrogen-bond acceptors (Lipinski definition) is 6. The van der Waals surface area contributed by atoms with Crippen LogP contribution in [0.4, 0.5) is 11.4 Å². The number of rotatable bonds is 5. The van der Waals surface area contributed by atoms with Gasteiger partial charge in [0, 0.05) is 17.9 Å². The van der Waals surface area contributed by atoms with Crippen LogP contribution < -0.4 is 16.8 Å². The number of nitrogens with one attached hydrogen (secondary N) is 1. The Balaban J connectivity index is 2.47. The number of esters is 1. The molecule has 5 N–H and O–H groups in total. The third-order valence-corrected chi connectivity index (χ3v) is 2.11. The second-order valence-corrected chi connectivity index (χ2v) is 3.72. The number of benzene rings is 1. The van der Waals surface area contributed by atoms with E-state index < -0.39 is 18.5 Å². The largest absolute Gasteiger partial charge is 0.452 e. The second kappa shape index (κ2) is 6.86. The van der Waals surface area contributed by atoms with E-state index >= 15 is 0 Å². The first-order valence-corrected chi connectivity index (χ1v) is 5.49. The molecule has 7 nitrogen and oxygen atoms in total. The van der Waals surface area contributed by atoms with Crippen molar-refractivity contribution >= 4 is 23.3 Å². The van der Waals surface area contributed by atoms with Gasteiger partial charge in [0.2, 0.25) is 0 Å². The smallest absolute Gasteiger partial charge is 0.338 e. The highest BCUT2D eigenvalue weighted by molar-refractivity contribution is 5.93. The van der Waals surface area contributed by atoms with Crippen molar-refractivity contribution in [3.8, 4) is 6.07 Å². The molecule has 1 aromatic rings. The average Bonchev–Trinajstić information content (AvgIpc) is 2.35. The maximum Gasteiger partial charge on any atom is 0.338 e. The van der Waals surface area contributed by atoms with Gasteiger partial charge in [0.05, 0.1) is 18.1 Å². The summed E-state index contributed by atoms with van der Waals surface area (Å²) < 4.78 is 4.79. The van der Waals surface area contributed by atoms with Crippen molar-refractivity contribution in [1.29, 1.82) is 5.26 Å². The molecular formula is C12H14N4O3. The molecule has 1 aromatic carbocycles. The van der Waals surface area contributed by atoms with Crippen molar-refractivity contribution in [2.75, 3.05) is 24.6 Å². The van der Waals surface area contributed by atoms with E-state index in [4.69, 9.17) is 21.5 Å². The Hall–Kier alpha value is -2.75. The first-order chi connectivity index (χ1) is 9.02. The van der Waals surface area contributed by atoms with Crippen LogP contribution in [0.2, 0.25) is 0 Å². The van der Waals surface area contributed by atoms with E-state index in [1.807, 2.05) is 6.07 Å². The van der Waals surface area contributed by atoms with Gasteiger partial charge in [-0.05, 0) is 18.2 Å². The molecule has 0 spiro atoms. The number of nitrogens with zero attached hydrogens (tertiary/aromatic N) is 1. The van der Waals surface area contributed by atoms with E-state index in [1.165, 1.54) is 18.2 Å². The lowest BCUT2D eigenvalue weighted by molar-refractivity contribution is -0.124. The van der Waals surface area contributed by atoms with Crippen LogP contribution in [-0.2, 0) is 9.53 Å². The highest BCUT2D eigenvalue weighted by Crippen LogP contribution is 2.14. The fourth-order valence-electron chi connectivity index (χ4n) is 1.32. The minimum atomic E-state index is -0.686. The zero-order valence-electron chi connectivity index (χ0n) is 10.2. The number of hydrogen-bond donors (Lipinski definition) is 3.